The number of thiophene rings is 1. The number of hydrogen-bond acceptors (Lipinski definition) is 8. The zero-order valence-electron chi connectivity index (χ0n) is 16.1. The largest absolute Gasteiger partial charge is 0.497 e. The van der Waals surface area contributed by atoms with Gasteiger partial charge in [0.1, 0.15) is 15.7 Å². The van der Waals surface area contributed by atoms with Gasteiger partial charge in [0, 0.05) is 24.7 Å². The van der Waals surface area contributed by atoms with Crippen LogP contribution < -0.4 is 9.47 Å². The molecule has 29 heavy (non-hydrogen) atoms. The van der Waals surface area contributed by atoms with Gasteiger partial charge in [0.05, 0.1) is 20.1 Å². The van der Waals surface area contributed by atoms with Gasteiger partial charge in [-0.2, -0.15) is 9.29 Å². The first-order valence-corrected chi connectivity index (χ1v) is 11.4. The highest BCUT2D eigenvalue weighted by Crippen LogP contribution is 2.33. The van der Waals surface area contributed by atoms with E-state index in [1.165, 1.54) is 15.6 Å². The summed E-state index contributed by atoms with van der Waals surface area (Å²) in [6.07, 6.45) is 1.53. The molecule has 154 valence electrons. The van der Waals surface area contributed by atoms with Crippen molar-refractivity contribution in [3.8, 4) is 22.9 Å². The van der Waals surface area contributed by atoms with E-state index < -0.39 is 10.0 Å². The fourth-order valence-electron chi connectivity index (χ4n) is 3.35. The lowest BCUT2D eigenvalue weighted by Gasteiger charge is -2.29. The minimum Gasteiger partial charge on any atom is -0.497 e. The summed E-state index contributed by atoms with van der Waals surface area (Å²) in [5.41, 5.74) is 0.704. The molecule has 0 spiro atoms. The molecule has 1 aromatic carbocycles. The van der Waals surface area contributed by atoms with Crippen LogP contribution in [0.15, 0.2) is 44.4 Å². The van der Waals surface area contributed by atoms with Gasteiger partial charge in [-0.05, 0) is 36.4 Å². The minimum absolute atomic E-state index is 0.146. The molecular weight excluding hydrogens is 414 g/mol. The van der Waals surface area contributed by atoms with Crippen molar-refractivity contribution >= 4 is 21.4 Å². The van der Waals surface area contributed by atoms with E-state index in [1.807, 2.05) is 0 Å². The topological polar surface area (TPSA) is 94.8 Å². The summed E-state index contributed by atoms with van der Waals surface area (Å²) < 4.78 is 43.6. The van der Waals surface area contributed by atoms with E-state index in [0.29, 0.717) is 46.1 Å². The highest BCUT2D eigenvalue weighted by atomic mass is 32.2. The second kappa shape index (κ2) is 8.13. The third kappa shape index (κ3) is 4.00. The van der Waals surface area contributed by atoms with Crippen molar-refractivity contribution in [2.24, 2.45) is 0 Å². The molecule has 10 heteroatoms. The summed E-state index contributed by atoms with van der Waals surface area (Å²) in [6.45, 7) is 0.814. The Hall–Kier alpha value is -2.43. The zero-order chi connectivity index (χ0) is 20.4. The van der Waals surface area contributed by atoms with E-state index in [-0.39, 0.29) is 5.92 Å². The highest BCUT2D eigenvalue weighted by molar-refractivity contribution is 7.91. The van der Waals surface area contributed by atoms with E-state index in [1.54, 1.807) is 49.9 Å². The molecule has 4 rings (SSSR count). The van der Waals surface area contributed by atoms with Gasteiger partial charge in [-0.25, -0.2) is 8.42 Å². The number of rotatable bonds is 6. The molecule has 3 heterocycles. The van der Waals surface area contributed by atoms with Gasteiger partial charge in [0.2, 0.25) is 11.7 Å². The maximum absolute atomic E-state index is 12.8. The Balaban J connectivity index is 1.57. The van der Waals surface area contributed by atoms with Gasteiger partial charge < -0.3 is 14.0 Å². The Labute approximate surface area is 173 Å². The molecule has 0 saturated carbocycles. The van der Waals surface area contributed by atoms with E-state index in [2.05, 4.69) is 10.1 Å². The summed E-state index contributed by atoms with van der Waals surface area (Å²) in [5.74, 6) is 1.95. The molecule has 0 bridgehead atoms. The number of methoxy groups -OCH3 is 2. The van der Waals surface area contributed by atoms with Crippen LogP contribution in [-0.4, -0.2) is 50.2 Å². The van der Waals surface area contributed by atoms with Crippen molar-refractivity contribution in [1.29, 1.82) is 0 Å². The first kappa shape index (κ1) is 19.9. The molecule has 0 amide bonds. The number of hydrogen-bond donors (Lipinski definition) is 0. The number of ether oxygens (including phenoxy) is 2. The van der Waals surface area contributed by atoms with Gasteiger partial charge in [-0.15, -0.1) is 11.3 Å². The van der Waals surface area contributed by atoms with E-state index in [9.17, 15) is 8.42 Å². The lowest BCUT2D eigenvalue weighted by atomic mass is 10.00. The summed E-state index contributed by atoms with van der Waals surface area (Å²) >= 11 is 1.22. The van der Waals surface area contributed by atoms with Gasteiger partial charge in [0.15, 0.2) is 0 Å². The zero-order valence-corrected chi connectivity index (χ0v) is 17.7. The monoisotopic (exact) mass is 435 g/mol. The summed E-state index contributed by atoms with van der Waals surface area (Å²) in [4.78, 5) is 4.53. The number of sulfonamides is 1. The molecule has 0 aliphatic carbocycles. The fraction of sp³-hybridized carbons (Fsp3) is 0.368. The maximum atomic E-state index is 12.8. The summed E-state index contributed by atoms with van der Waals surface area (Å²) in [6, 6.07) is 8.73. The van der Waals surface area contributed by atoms with E-state index >= 15 is 0 Å². The van der Waals surface area contributed by atoms with Gasteiger partial charge in [-0.3, -0.25) is 0 Å². The molecule has 0 N–H and O–H groups in total. The predicted octanol–water partition coefficient (Wildman–Crippen LogP) is 3.38. The quantitative estimate of drug-likeness (QED) is 0.586. The van der Waals surface area contributed by atoms with E-state index in [0.717, 1.165) is 12.8 Å². The number of piperidine rings is 1. The molecule has 0 unspecified atom stereocenters. The smallest absolute Gasteiger partial charge is 0.252 e. The number of benzene rings is 1. The molecule has 1 aliphatic rings. The number of nitrogens with zero attached hydrogens (tertiary/aromatic N) is 3. The Morgan fingerprint density at radius 1 is 1.21 bits per heavy atom. The normalized spacial score (nSPS) is 17.9. The van der Waals surface area contributed by atoms with Gasteiger partial charge in [0.25, 0.3) is 10.0 Å². The third-order valence-electron chi connectivity index (χ3n) is 4.87. The average molecular weight is 436 g/mol. The Morgan fingerprint density at radius 3 is 2.62 bits per heavy atom. The summed E-state index contributed by atoms with van der Waals surface area (Å²) in [7, 11) is -0.346. The van der Waals surface area contributed by atoms with Crippen molar-refractivity contribution in [3.05, 3.63) is 41.6 Å². The molecular formula is C19H21N3O5S2. The van der Waals surface area contributed by atoms with Crippen LogP contribution in [0.2, 0.25) is 0 Å². The molecule has 1 atom stereocenters. The van der Waals surface area contributed by atoms with Gasteiger partial charge >= 0.3 is 0 Å². The third-order valence-corrected chi connectivity index (χ3v) is 8.11. The molecule has 1 aliphatic heterocycles. The second-order valence-electron chi connectivity index (χ2n) is 6.69. The van der Waals surface area contributed by atoms with Crippen LogP contribution in [0.5, 0.6) is 11.5 Å². The lowest BCUT2D eigenvalue weighted by Crippen LogP contribution is -2.38. The maximum Gasteiger partial charge on any atom is 0.252 e. The number of aromatic nitrogens is 2. The summed E-state index contributed by atoms with van der Waals surface area (Å²) in [5, 5.41) is 5.85. The average Bonchev–Trinajstić information content (AvgIpc) is 3.46. The van der Waals surface area contributed by atoms with Crippen LogP contribution >= 0.6 is 11.3 Å². The highest BCUT2D eigenvalue weighted by Gasteiger charge is 2.34. The van der Waals surface area contributed by atoms with Crippen molar-refractivity contribution in [2.45, 2.75) is 23.0 Å². The Kier molecular flexibility index (Phi) is 5.57. The predicted molar refractivity (Wildman–Crippen MR) is 108 cm³/mol. The van der Waals surface area contributed by atoms with Crippen molar-refractivity contribution in [2.75, 3.05) is 27.3 Å². The second-order valence-corrected chi connectivity index (χ2v) is 9.80. The first-order chi connectivity index (χ1) is 14.0. The molecule has 3 aromatic rings. The first-order valence-electron chi connectivity index (χ1n) is 9.12. The fourth-order valence-corrected chi connectivity index (χ4v) is 6.02. The van der Waals surface area contributed by atoms with Crippen LogP contribution in [0.4, 0.5) is 0 Å². The van der Waals surface area contributed by atoms with Crippen LogP contribution in [0.1, 0.15) is 24.7 Å². The molecule has 0 radical (unpaired) electrons. The Morgan fingerprint density at radius 2 is 1.97 bits per heavy atom. The standard InChI is InChI=1S/C19H21N3O5S2/c1-25-15-9-14(10-16(11-15)26-2)18-20-19(27-21-18)13-5-3-7-22(12-13)29(23,24)17-6-4-8-28-17/h4,6,8-11,13H,3,5,7,12H2,1-2H3/t13-/m0/s1. The van der Waals surface area contributed by atoms with Crippen LogP contribution in [-0.2, 0) is 10.0 Å². The van der Waals surface area contributed by atoms with Gasteiger partial charge in [-0.1, -0.05) is 11.2 Å². The van der Waals surface area contributed by atoms with Crippen LogP contribution in [0.25, 0.3) is 11.4 Å². The van der Waals surface area contributed by atoms with Crippen molar-refractivity contribution < 1.29 is 22.4 Å². The SMILES string of the molecule is COc1cc(OC)cc(-c2noc([C@H]3CCCN(S(=O)(=O)c4cccs4)C3)n2)c1. The van der Waals surface area contributed by atoms with E-state index in [4.69, 9.17) is 14.0 Å². The van der Waals surface area contributed by atoms with Crippen LogP contribution in [0, 0.1) is 0 Å². The molecule has 2 aromatic heterocycles. The van der Waals surface area contributed by atoms with Crippen molar-refractivity contribution in [3.63, 3.8) is 0 Å². The minimum atomic E-state index is -3.49. The van der Waals surface area contributed by atoms with Crippen molar-refractivity contribution in [1.82, 2.24) is 14.4 Å². The molecule has 1 fully saturated rings. The van der Waals surface area contributed by atoms with Crippen LogP contribution in [0.3, 0.4) is 0 Å². The molecule has 8 nitrogen and oxygen atoms in total. The lowest BCUT2D eigenvalue weighted by molar-refractivity contribution is 0.266. The Bertz CT molecular complexity index is 1060. The molecule has 1 saturated heterocycles.